The highest BCUT2D eigenvalue weighted by atomic mass is 16.6. The molecule has 6 bridgehead atoms. The molecule has 1 fully saturated rings. The Morgan fingerprint density at radius 2 is 1.81 bits per heavy atom. The van der Waals surface area contributed by atoms with Gasteiger partial charge in [0, 0.05) is 36.0 Å². The number of methoxy groups -OCH3 is 1. The maximum Gasteiger partial charge on any atom is 0.339 e. The van der Waals surface area contributed by atoms with Crippen LogP contribution in [0.25, 0.3) is 28.0 Å². The van der Waals surface area contributed by atoms with Gasteiger partial charge in [-0.3, -0.25) is 0 Å². The van der Waals surface area contributed by atoms with Crippen molar-refractivity contribution in [3.63, 3.8) is 0 Å². The van der Waals surface area contributed by atoms with Gasteiger partial charge in [0.05, 0.1) is 36.2 Å². The van der Waals surface area contributed by atoms with E-state index < -0.39 is 17.7 Å². The Kier molecular flexibility index (Phi) is 8.89. The minimum Gasteiger partial charge on any atom is -0.486 e. The molecule has 2 atom stereocenters. The second kappa shape index (κ2) is 12.8. The average Bonchev–Trinajstić information content (AvgIpc) is 3.45. The van der Waals surface area contributed by atoms with Crippen LogP contribution in [0, 0.1) is 13.8 Å². The van der Waals surface area contributed by atoms with Crippen LogP contribution in [-0.4, -0.2) is 64.7 Å². The molecule has 2 aromatic carbocycles. The maximum absolute atomic E-state index is 13.4. The average molecular weight is 639 g/mol. The molecule has 0 spiro atoms. The zero-order valence-electron chi connectivity index (χ0n) is 28.8. The van der Waals surface area contributed by atoms with Gasteiger partial charge >= 0.3 is 5.97 Å². The van der Waals surface area contributed by atoms with Crippen LogP contribution in [-0.2, 0) is 19.0 Å². The number of rotatable bonds is 3. The quantitative estimate of drug-likeness (QED) is 0.169. The summed E-state index contributed by atoms with van der Waals surface area (Å²) in [5.74, 6) is 1.13. The first-order valence-electron chi connectivity index (χ1n) is 16.4. The lowest BCUT2D eigenvalue weighted by atomic mass is 9.92. The lowest BCUT2D eigenvalue weighted by Crippen LogP contribution is -2.45. The van der Waals surface area contributed by atoms with Gasteiger partial charge in [0.2, 0.25) is 0 Å². The molecule has 0 amide bonds. The number of aryl methyl sites for hydroxylation is 2. The van der Waals surface area contributed by atoms with Crippen molar-refractivity contribution in [2.45, 2.75) is 84.7 Å². The summed E-state index contributed by atoms with van der Waals surface area (Å²) in [4.78, 5) is 20.7. The first-order chi connectivity index (χ1) is 22.3. The fourth-order valence-electron chi connectivity index (χ4n) is 6.44. The first kappa shape index (κ1) is 32.7. The van der Waals surface area contributed by atoms with Gasteiger partial charge in [0.1, 0.15) is 17.7 Å². The summed E-state index contributed by atoms with van der Waals surface area (Å²) in [7, 11) is 1.39. The Morgan fingerprint density at radius 1 is 1.06 bits per heavy atom. The van der Waals surface area contributed by atoms with Gasteiger partial charge in [-0.25, -0.2) is 9.78 Å². The predicted octanol–water partition coefficient (Wildman–Crippen LogP) is 7.42. The van der Waals surface area contributed by atoms with Crippen molar-refractivity contribution in [2.24, 2.45) is 0 Å². The van der Waals surface area contributed by atoms with E-state index in [4.69, 9.17) is 29.0 Å². The molecule has 248 valence electrons. The Labute approximate surface area is 277 Å². The summed E-state index contributed by atoms with van der Waals surface area (Å²) < 4.78 is 26.5. The van der Waals surface area contributed by atoms with Crippen LogP contribution >= 0.6 is 0 Å². The van der Waals surface area contributed by atoms with Crippen LogP contribution in [0.4, 0.5) is 5.82 Å². The standard InChI is InChI=1S/C38H46N4O5/c1-24-14-15-31-29(21-24)27-12-9-13-28(22-27)30-23-32-39-26(3)33(34(36(43)44-8)47-37(4,5)6)35(42(32)40-30)41-18-16-38(7,17-19-41)45-20-10-11-25(2)46-31/h9-15,21-23,25,34H,16-20H2,1-8H3/b11-10-/t25?,34-/m0/s1. The summed E-state index contributed by atoms with van der Waals surface area (Å²) in [5, 5.41) is 5.16. The third-order valence-corrected chi connectivity index (χ3v) is 8.93. The summed E-state index contributed by atoms with van der Waals surface area (Å²) >= 11 is 0. The van der Waals surface area contributed by atoms with E-state index in [1.165, 1.54) is 7.11 Å². The number of carbonyl (C=O) groups is 1. The number of fused-ring (bicyclic) bond motifs is 6. The van der Waals surface area contributed by atoms with E-state index in [0.29, 0.717) is 36.6 Å². The predicted molar refractivity (Wildman–Crippen MR) is 184 cm³/mol. The molecule has 7 rings (SSSR count). The molecular weight excluding hydrogens is 592 g/mol. The number of ether oxygens (including phenoxy) is 4. The SMILES string of the molecule is COC(=O)[C@@H](OC(C)(C)C)c1c(C)nc2cc3nn2c1N1CCC(C)(CC1)OC/C=C\C(C)Oc1ccc(C)cc1-c1cccc-3c1. The lowest BCUT2D eigenvalue weighted by molar-refractivity contribution is -0.164. The molecular formula is C38H46N4O5. The molecule has 0 aliphatic carbocycles. The highest BCUT2D eigenvalue weighted by Gasteiger charge is 2.38. The second-order valence-electron chi connectivity index (χ2n) is 13.9. The number of hydrogen-bond acceptors (Lipinski definition) is 8. The van der Waals surface area contributed by atoms with Crippen molar-refractivity contribution in [1.82, 2.24) is 14.6 Å². The second-order valence-corrected chi connectivity index (χ2v) is 13.9. The molecule has 5 heterocycles. The minimum absolute atomic E-state index is 0.138. The van der Waals surface area contributed by atoms with E-state index in [9.17, 15) is 4.79 Å². The van der Waals surface area contributed by atoms with Crippen LogP contribution in [0.15, 0.2) is 60.7 Å². The van der Waals surface area contributed by atoms with Gasteiger partial charge in [0.25, 0.3) is 0 Å². The highest BCUT2D eigenvalue weighted by molar-refractivity contribution is 5.81. The van der Waals surface area contributed by atoms with E-state index >= 15 is 0 Å². The zero-order chi connectivity index (χ0) is 33.5. The molecule has 0 N–H and O–H groups in total. The Morgan fingerprint density at radius 3 is 2.53 bits per heavy atom. The van der Waals surface area contributed by atoms with Crippen molar-refractivity contribution in [2.75, 3.05) is 31.7 Å². The van der Waals surface area contributed by atoms with Crippen LogP contribution in [0.5, 0.6) is 5.75 Å². The summed E-state index contributed by atoms with van der Waals surface area (Å²) in [6.07, 6.45) is 4.57. The number of esters is 1. The molecule has 3 aliphatic rings. The van der Waals surface area contributed by atoms with Gasteiger partial charge in [-0.15, -0.1) is 0 Å². The number of carbonyl (C=O) groups excluding carboxylic acids is 1. The zero-order valence-corrected chi connectivity index (χ0v) is 28.8. The fraction of sp³-hybridized carbons (Fsp3) is 0.447. The number of piperidine rings is 1. The maximum atomic E-state index is 13.4. The van der Waals surface area contributed by atoms with E-state index in [2.05, 4.69) is 61.2 Å². The van der Waals surface area contributed by atoms with Gasteiger partial charge in [0.15, 0.2) is 11.8 Å². The van der Waals surface area contributed by atoms with E-state index in [0.717, 1.165) is 52.4 Å². The van der Waals surface area contributed by atoms with Crippen LogP contribution < -0.4 is 9.64 Å². The lowest BCUT2D eigenvalue weighted by Gasteiger charge is -2.41. The fourth-order valence-corrected chi connectivity index (χ4v) is 6.44. The molecule has 4 aromatic rings. The van der Waals surface area contributed by atoms with Crippen LogP contribution in [0.1, 0.15) is 70.4 Å². The Hall–Kier alpha value is -4.21. The van der Waals surface area contributed by atoms with Crippen molar-refractivity contribution < 1.29 is 23.7 Å². The van der Waals surface area contributed by atoms with Crippen LogP contribution in [0.3, 0.4) is 0 Å². The highest BCUT2D eigenvalue weighted by Crippen LogP contribution is 2.39. The first-order valence-corrected chi connectivity index (χ1v) is 16.4. The largest absolute Gasteiger partial charge is 0.486 e. The van der Waals surface area contributed by atoms with E-state index in [-0.39, 0.29) is 11.7 Å². The van der Waals surface area contributed by atoms with Gasteiger partial charge < -0.3 is 23.8 Å². The number of hydrogen-bond donors (Lipinski definition) is 0. The third kappa shape index (κ3) is 6.92. The van der Waals surface area contributed by atoms with Gasteiger partial charge in [-0.05, 0) is 91.1 Å². The van der Waals surface area contributed by atoms with Gasteiger partial charge in [-0.1, -0.05) is 35.9 Å². The molecule has 9 nitrogen and oxygen atoms in total. The minimum atomic E-state index is -0.985. The van der Waals surface area contributed by atoms with E-state index in [1.54, 1.807) is 0 Å². The van der Waals surface area contributed by atoms with E-state index in [1.807, 2.05) is 57.3 Å². The Bertz CT molecular complexity index is 1810. The molecule has 0 radical (unpaired) electrons. The molecule has 0 saturated carbocycles. The molecule has 1 unspecified atom stereocenters. The normalized spacial score (nSPS) is 21.4. The molecule has 47 heavy (non-hydrogen) atoms. The molecule has 3 aliphatic heterocycles. The molecule has 2 aromatic heterocycles. The van der Waals surface area contributed by atoms with Crippen molar-refractivity contribution >= 4 is 17.4 Å². The Balaban J connectivity index is 1.57. The van der Waals surface area contributed by atoms with Crippen molar-refractivity contribution in [3.05, 3.63) is 77.5 Å². The topological polar surface area (TPSA) is 87.4 Å². The summed E-state index contributed by atoms with van der Waals surface area (Å²) in [5.41, 5.74) is 6.04. The number of benzene rings is 2. The summed E-state index contributed by atoms with van der Waals surface area (Å²) in [6.45, 7) is 15.9. The smallest absolute Gasteiger partial charge is 0.339 e. The van der Waals surface area contributed by atoms with Crippen molar-refractivity contribution in [3.8, 4) is 28.1 Å². The number of anilines is 1. The number of aromatic nitrogens is 3. The van der Waals surface area contributed by atoms with Gasteiger partial charge in [-0.2, -0.15) is 9.61 Å². The third-order valence-electron chi connectivity index (χ3n) is 8.93. The van der Waals surface area contributed by atoms with Crippen molar-refractivity contribution in [1.29, 1.82) is 0 Å². The molecule has 9 heteroatoms. The monoisotopic (exact) mass is 638 g/mol. The number of nitrogens with zero attached hydrogens (tertiary/aromatic N) is 4. The summed E-state index contributed by atoms with van der Waals surface area (Å²) in [6, 6.07) is 16.6. The van der Waals surface area contributed by atoms with Crippen LogP contribution in [0.2, 0.25) is 0 Å². The molecule has 1 saturated heterocycles.